The molecule has 0 radical (unpaired) electrons. The van der Waals surface area contributed by atoms with Gasteiger partial charge in [-0.3, -0.25) is 10.1 Å². The topological polar surface area (TPSA) is 77.3 Å². The predicted molar refractivity (Wildman–Crippen MR) is 65.0 cm³/mol. The maximum Gasteiger partial charge on any atom is 0.311 e. The molecule has 6 heteroatoms. The summed E-state index contributed by atoms with van der Waals surface area (Å²) in [4.78, 5) is 14.1. The van der Waals surface area contributed by atoms with Crippen LogP contribution in [0.15, 0.2) is 30.5 Å². The summed E-state index contributed by atoms with van der Waals surface area (Å²) in [5.74, 6) is 0.261. The fourth-order valence-electron chi connectivity index (χ4n) is 1.17. The van der Waals surface area contributed by atoms with E-state index in [1.165, 1.54) is 18.3 Å². The van der Waals surface area contributed by atoms with Crippen LogP contribution in [0.1, 0.15) is 6.92 Å². The van der Waals surface area contributed by atoms with Crippen LogP contribution < -0.4 is 5.32 Å². The van der Waals surface area contributed by atoms with Crippen molar-refractivity contribution in [1.82, 2.24) is 4.98 Å². The van der Waals surface area contributed by atoms with Gasteiger partial charge in [-0.05, 0) is 13.0 Å². The molecule has 1 aromatic heterocycles. The second-order valence-electron chi connectivity index (χ2n) is 3.56. The van der Waals surface area contributed by atoms with Crippen molar-refractivity contribution in [3.8, 4) is 0 Å². The Hall–Kier alpha value is -1.95. The highest BCUT2D eigenvalue weighted by Crippen LogP contribution is 2.19. The van der Waals surface area contributed by atoms with Crippen molar-refractivity contribution in [3.05, 3.63) is 40.6 Å². The first kappa shape index (κ1) is 13.1. The van der Waals surface area contributed by atoms with Crippen LogP contribution in [0.2, 0.25) is 0 Å². The summed E-state index contributed by atoms with van der Waals surface area (Å²) in [5.41, 5.74) is 0.904. The molecule has 1 heterocycles. The summed E-state index contributed by atoms with van der Waals surface area (Å²) in [5, 5.41) is 13.5. The zero-order valence-corrected chi connectivity index (χ0v) is 9.68. The molecule has 0 amide bonds. The summed E-state index contributed by atoms with van der Waals surface area (Å²) < 4.78 is 5.26. The first-order valence-corrected chi connectivity index (χ1v) is 5.16. The van der Waals surface area contributed by atoms with E-state index < -0.39 is 4.92 Å². The number of pyridine rings is 1. The van der Waals surface area contributed by atoms with Crippen molar-refractivity contribution in [1.29, 1.82) is 0 Å². The van der Waals surface area contributed by atoms with Gasteiger partial charge in [0.15, 0.2) is 0 Å². The van der Waals surface area contributed by atoms with Gasteiger partial charge in [0.25, 0.3) is 0 Å². The lowest BCUT2D eigenvalue weighted by Crippen LogP contribution is -2.12. The highest BCUT2D eigenvalue weighted by Gasteiger charge is 2.12. The van der Waals surface area contributed by atoms with Crippen LogP contribution in [0.5, 0.6) is 0 Å². The van der Waals surface area contributed by atoms with Crippen LogP contribution in [-0.4, -0.2) is 29.7 Å². The first-order chi connectivity index (χ1) is 8.11. The number of nitro groups is 1. The van der Waals surface area contributed by atoms with Crippen molar-refractivity contribution in [3.63, 3.8) is 0 Å². The Kier molecular flexibility index (Phi) is 5.09. The van der Waals surface area contributed by atoms with Gasteiger partial charge in [-0.25, -0.2) is 4.98 Å². The minimum absolute atomic E-state index is 0.0348. The maximum atomic E-state index is 10.7. The van der Waals surface area contributed by atoms with Gasteiger partial charge in [0.05, 0.1) is 18.1 Å². The second kappa shape index (κ2) is 6.59. The molecule has 0 aromatic carbocycles. The molecule has 0 bridgehead atoms. The third-order valence-corrected chi connectivity index (χ3v) is 1.87. The predicted octanol–water partition coefficient (Wildman–Crippen LogP) is 1.99. The minimum Gasteiger partial charge on any atom is -0.375 e. The van der Waals surface area contributed by atoms with E-state index in [2.05, 4.69) is 16.9 Å². The average molecular weight is 237 g/mol. The van der Waals surface area contributed by atoms with Gasteiger partial charge in [0.1, 0.15) is 0 Å². The minimum atomic E-state index is -0.468. The summed E-state index contributed by atoms with van der Waals surface area (Å²) >= 11 is 0. The molecule has 0 aliphatic heterocycles. The van der Waals surface area contributed by atoms with Crippen LogP contribution in [0.3, 0.4) is 0 Å². The molecule has 0 atom stereocenters. The Morgan fingerprint density at radius 1 is 1.71 bits per heavy atom. The van der Waals surface area contributed by atoms with Gasteiger partial charge in [-0.1, -0.05) is 12.2 Å². The summed E-state index contributed by atoms with van der Waals surface area (Å²) in [6.07, 6.45) is 1.50. The van der Waals surface area contributed by atoms with Crippen LogP contribution in [-0.2, 0) is 4.74 Å². The van der Waals surface area contributed by atoms with Crippen LogP contribution in [0, 0.1) is 10.1 Å². The Morgan fingerprint density at radius 3 is 3.12 bits per heavy atom. The lowest BCUT2D eigenvalue weighted by atomic mass is 10.4. The van der Waals surface area contributed by atoms with E-state index in [-0.39, 0.29) is 11.5 Å². The fraction of sp³-hybridized carbons (Fsp3) is 0.364. The lowest BCUT2D eigenvalue weighted by molar-refractivity contribution is -0.384. The van der Waals surface area contributed by atoms with Gasteiger partial charge in [-0.15, -0.1) is 0 Å². The van der Waals surface area contributed by atoms with Crippen molar-refractivity contribution < 1.29 is 9.66 Å². The Balaban J connectivity index is 2.41. The molecule has 0 aliphatic carbocycles. The zero-order valence-electron chi connectivity index (χ0n) is 9.68. The molecular formula is C11H15N3O3. The smallest absolute Gasteiger partial charge is 0.311 e. The van der Waals surface area contributed by atoms with E-state index in [4.69, 9.17) is 4.74 Å². The van der Waals surface area contributed by atoms with Gasteiger partial charge in [0, 0.05) is 18.8 Å². The molecule has 0 fully saturated rings. The second-order valence-corrected chi connectivity index (χ2v) is 3.56. The van der Waals surface area contributed by atoms with Gasteiger partial charge in [-0.2, -0.15) is 0 Å². The quantitative estimate of drug-likeness (QED) is 0.339. The molecular weight excluding hydrogens is 222 g/mol. The number of aromatic nitrogens is 1. The third-order valence-electron chi connectivity index (χ3n) is 1.87. The maximum absolute atomic E-state index is 10.7. The SMILES string of the molecule is C=C(C)COCCNc1ncccc1[N+](=O)[O-]. The van der Waals surface area contributed by atoms with Crippen molar-refractivity contribution in [2.45, 2.75) is 6.92 Å². The largest absolute Gasteiger partial charge is 0.375 e. The molecule has 1 aromatic rings. The molecule has 0 saturated heterocycles. The molecule has 0 unspecified atom stereocenters. The zero-order chi connectivity index (χ0) is 12.7. The van der Waals surface area contributed by atoms with Crippen LogP contribution >= 0.6 is 0 Å². The van der Waals surface area contributed by atoms with Gasteiger partial charge < -0.3 is 10.1 Å². The first-order valence-electron chi connectivity index (χ1n) is 5.16. The van der Waals surface area contributed by atoms with Gasteiger partial charge in [0.2, 0.25) is 5.82 Å². The summed E-state index contributed by atoms with van der Waals surface area (Å²) in [7, 11) is 0. The average Bonchev–Trinajstić information content (AvgIpc) is 2.28. The number of nitrogens with zero attached hydrogens (tertiary/aromatic N) is 2. The molecule has 17 heavy (non-hydrogen) atoms. The van der Waals surface area contributed by atoms with E-state index in [0.717, 1.165) is 5.57 Å². The molecule has 0 spiro atoms. The van der Waals surface area contributed by atoms with Crippen molar-refractivity contribution in [2.24, 2.45) is 0 Å². The molecule has 0 saturated carbocycles. The monoisotopic (exact) mass is 237 g/mol. The van der Waals surface area contributed by atoms with Gasteiger partial charge >= 0.3 is 5.69 Å². The van der Waals surface area contributed by atoms with Crippen LogP contribution in [0.4, 0.5) is 11.5 Å². The van der Waals surface area contributed by atoms with E-state index >= 15 is 0 Å². The number of nitrogens with one attached hydrogen (secondary N) is 1. The van der Waals surface area contributed by atoms with E-state index in [1.54, 1.807) is 0 Å². The Morgan fingerprint density at radius 2 is 2.47 bits per heavy atom. The lowest BCUT2D eigenvalue weighted by Gasteiger charge is -2.06. The molecule has 0 aliphatic rings. The number of anilines is 1. The highest BCUT2D eigenvalue weighted by molar-refractivity contribution is 5.54. The normalized spacial score (nSPS) is 9.94. The number of hydrogen-bond acceptors (Lipinski definition) is 5. The Labute approximate surface area is 99.5 Å². The van der Waals surface area contributed by atoms with Crippen molar-refractivity contribution in [2.75, 3.05) is 25.1 Å². The van der Waals surface area contributed by atoms with Crippen molar-refractivity contribution >= 4 is 11.5 Å². The van der Waals surface area contributed by atoms with E-state index in [1.807, 2.05) is 6.92 Å². The fourth-order valence-corrected chi connectivity index (χ4v) is 1.17. The molecule has 92 valence electrons. The Bertz CT molecular complexity index is 407. The van der Waals surface area contributed by atoms with E-state index in [9.17, 15) is 10.1 Å². The number of ether oxygens (including phenoxy) is 1. The number of hydrogen-bond donors (Lipinski definition) is 1. The van der Waals surface area contributed by atoms with Crippen LogP contribution in [0.25, 0.3) is 0 Å². The van der Waals surface area contributed by atoms with E-state index in [0.29, 0.717) is 19.8 Å². The highest BCUT2D eigenvalue weighted by atomic mass is 16.6. The summed E-state index contributed by atoms with van der Waals surface area (Å²) in [6, 6.07) is 2.94. The number of rotatable bonds is 7. The summed E-state index contributed by atoms with van der Waals surface area (Å²) in [6.45, 7) is 6.97. The molecule has 1 N–H and O–H groups in total. The standard InChI is InChI=1S/C11H15N3O3/c1-9(2)8-17-7-6-13-11-10(14(15)16)4-3-5-12-11/h3-5H,1,6-8H2,2H3,(H,12,13). The third kappa shape index (κ3) is 4.60. The molecule has 1 rings (SSSR count). The molecule has 6 nitrogen and oxygen atoms in total.